The van der Waals surface area contributed by atoms with Gasteiger partial charge in [0.05, 0.1) is 24.7 Å². The van der Waals surface area contributed by atoms with E-state index in [1.54, 1.807) is 19.1 Å². The summed E-state index contributed by atoms with van der Waals surface area (Å²) in [7, 11) is 1.33. The van der Waals surface area contributed by atoms with Gasteiger partial charge in [0.15, 0.2) is 17.6 Å². The van der Waals surface area contributed by atoms with Gasteiger partial charge in [-0.05, 0) is 38.0 Å². The minimum atomic E-state index is -1.18. The highest BCUT2D eigenvalue weighted by atomic mass is 16.6. The molecule has 0 saturated heterocycles. The van der Waals surface area contributed by atoms with Crippen molar-refractivity contribution in [1.29, 1.82) is 0 Å². The summed E-state index contributed by atoms with van der Waals surface area (Å²) in [5.74, 6) is -1.31. The first-order valence-corrected chi connectivity index (χ1v) is 9.40. The second kappa shape index (κ2) is 10.2. The fourth-order valence-corrected chi connectivity index (χ4v) is 2.64. The molecule has 9 heteroatoms. The number of carbonyl (C=O) groups is 2. The van der Waals surface area contributed by atoms with Crippen LogP contribution >= 0.6 is 0 Å². The highest BCUT2D eigenvalue weighted by Crippen LogP contribution is 2.35. The van der Waals surface area contributed by atoms with Crippen LogP contribution in [0.2, 0.25) is 0 Å². The monoisotopic (exact) mass is 416 g/mol. The molecule has 0 bridgehead atoms. The van der Waals surface area contributed by atoms with Crippen molar-refractivity contribution in [3.8, 4) is 11.5 Å². The van der Waals surface area contributed by atoms with Gasteiger partial charge in [0.1, 0.15) is 5.56 Å². The number of benzene rings is 2. The first-order valence-electron chi connectivity index (χ1n) is 9.40. The first kappa shape index (κ1) is 22.7. The van der Waals surface area contributed by atoms with Gasteiger partial charge in [-0.1, -0.05) is 19.1 Å². The van der Waals surface area contributed by atoms with Crippen LogP contribution in [0.1, 0.15) is 36.7 Å². The van der Waals surface area contributed by atoms with Gasteiger partial charge in [0.25, 0.3) is 11.6 Å². The normalized spacial score (nSPS) is 11.3. The third-order valence-corrected chi connectivity index (χ3v) is 4.28. The van der Waals surface area contributed by atoms with Crippen LogP contribution in [0.5, 0.6) is 11.5 Å². The van der Waals surface area contributed by atoms with Crippen molar-refractivity contribution in [1.82, 2.24) is 0 Å². The predicted molar refractivity (Wildman–Crippen MR) is 110 cm³/mol. The fraction of sp³-hybridized carbons (Fsp3) is 0.333. The lowest BCUT2D eigenvalue weighted by atomic mass is 10.1. The SMILES string of the molecule is CCOc1cc(C(=O)O[C@@H](C)C(=O)Nc2ccc(CC)cc2)c([N+](=O)[O-])cc1OC. The smallest absolute Gasteiger partial charge is 0.346 e. The number of hydrogen-bond donors (Lipinski definition) is 1. The van der Waals surface area contributed by atoms with E-state index < -0.39 is 28.6 Å². The number of nitro benzene ring substituents is 1. The molecule has 0 aliphatic carbocycles. The average Bonchev–Trinajstić information content (AvgIpc) is 2.73. The summed E-state index contributed by atoms with van der Waals surface area (Å²) in [5, 5.41) is 14.0. The van der Waals surface area contributed by atoms with E-state index >= 15 is 0 Å². The van der Waals surface area contributed by atoms with Crippen molar-refractivity contribution in [2.45, 2.75) is 33.3 Å². The zero-order valence-electron chi connectivity index (χ0n) is 17.3. The van der Waals surface area contributed by atoms with Crippen LogP contribution in [-0.2, 0) is 16.0 Å². The third-order valence-electron chi connectivity index (χ3n) is 4.28. The van der Waals surface area contributed by atoms with E-state index in [-0.39, 0.29) is 23.7 Å². The molecule has 2 aromatic rings. The van der Waals surface area contributed by atoms with Crippen molar-refractivity contribution in [3.05, 3.63) is 57.6 Å². The first-order chi connectivity index (χ1) is 14.3. The molecule has 0 radical (unpaired) electrons. The fourth-order valence-electron chi connectivity index (χ4n) is 2.64. The summed E-state index contributed by atoms with van der Waals surface area (Å²) in [5.41, 5.74) is 0.817. The van der Waals surface area contributed by atoms with E-state index in [0.717, 1.165) is 18.1 Å². The maximum Gasteiger partial charge on any atom is 0.346 e. The number of ether oxygens (including phenoxy) is 3. The van der Waals surface area contributed by atoms with Crippen molar-refractivity contribution < 1.29 is 28.7 Å². The Kier molecular flexibility index (Phi) is 7.74. The van der Waals surface area contributed by atoms with E-state index in [4.69, 9.17) is 14.2 Å². The number of anilines is 1. The van der Waals surface area contributed by atoms with Gasteiger partial charge in [-0.2, -0.15) is 0 Å². The molecule has 1 N–H and O–H groups in total. The Bertz CT molecular complexity index is 926. The third kappa shape index (κ3) is 5.47. The maximum absolute atomic E-state index is 12.6. The summed E-state index contributed by atoms with van der Waals surface area (Å²) >= 11 is 0. The maximum atomic E-state index is 12.6. The van der Waals surface area contributed by atoms with Gasteiger partial charge in [-0.25, -0.2) is 4.79 Å². The van der Waals surface area contributed by atoms with E-state index in [2.05, 4.69) is 5.32 Å². The lowest BCUT2D eigenvalue weighted by Gasteiger charge is -2.15. The molecule has 30 heavy (non-hydrogen) atoms. The Morgan fingerprint density at radius 1 is 1.13 bits per heavy atom. The molecule has 160 valence electrons. The van der Waals surface area contributed by atoms with Gasteiger partial charge < -0.3 is 19.5 Å². The summed E-state index contributed by atoms with van der Waals surface area (Å²) in [6, 6.07) is 9.50. The van der Waals surface area contributed by atoms with E-state index in [1.165, 1.54) is 20.1 Å². The second-order valence-electron chi connectivity index (χ2n) is 6.30. The van der Waals surface area contributed by atoms with Gasteiger partial charge >= 0.3 is 5.97 Å². The number of methoxy groups -OCH3 is 1. The molecule has 0 aliphatic rings. The molecule has 2 aromatic carbocycles. The molecule has 9 nitrogen and oxygen atoms in total. The predicted octanol–water partition coefficient (Wildman–Crippen LogP) is 3.75. The number of carbonyl (C=O) groups excluding carboxylic acids is 2. The molecule has 0 fully saturated rings. The molecule has 0 spiro atoms. The van der Waals surface area contributed by atoms with Crippen LogP contribution in [-0.4, -0.2) is 36.6 Å². The molecular formula is C21H24N2O7. The Morgan fingerprint density at radius 2 is 1.80 bits per heavy atom. The number of rotatable bonds is 9. The standard InChI is InChI=1S/C21H24N2O7/c1-5-14-7-9-15(10-8-14)22-20(24)13(3)30-21(25)16-11-19(29-6-2)18(28-4)12-17(16)23(26)27/h7-13H,5-6H2,1-4H3,(H,22,24)/t13-/m0/s1. The minimum Gasteiger partial charge on any atom is -0.493 e. The molecule has 2 rings (SSSR count). The van der Waals surface area contributed by atoms with E-state index in [9.17, 15) is 19.7 Å². The topological polar surface area (TPSA) is 117 Å². The minimum absolute atomic E-state index is 0.112. The quantitative estimate of drug-likeness (QED) is 0.376. The van der Waals surface area contributed by atoms with Crippen LogP contribution in [0.4, 0.5) is 11.4 Å². The van der Waals surface area contributed by atoms with Gasteiger partial charge in [0, 0.05) is 11.8 Å². The number of nitrogens with one attached hydrogen (secondary N) is 1. The summed E-state index contributed by atoms with van der Waals surface area (Å²) in [6.07, 6.45) is -0.312. The molecule has 0 unspecified atom stereocenters. The largest absolute Gasteiger partial charge is 0.493 e. The highest BCUT2D eigenvalue weighted by Gasteiger charge is 2.28. The number of aryl methyl sites for hydroxylation is 1. The van der Waals surface area contributed by atoms with Crippen molar-refractivity contribution in [2.75, 3.05) is 19.0 Å². The average molecular weight is 416 g/mol. The molecule has 0 heterocycles. The van der Waals surface area contributed by atoms with E-state index in [1.807, 2.05) is 19.1 Å². The highest BCUT2D eigenvalue weighted by molar-refractivity contribution is 5.99. The summed E-state index contributed by atoms with van der Waals surface area (Å²) in [6.45, 7) is 5.38. The van der Waals surface area contributed by atoms with Crippen LogP contribution in [0.15, 0.2) is 36.4 Å². The molecular weight excluding hydrogens is 392 g/mol. The Morgan fingerprint density at radius 3 is 2.33 bits per heavy atom. The van der Waals surface area contributed by atoms with Crippen molar-refractivity contribution >= 4 is 23.3 Å². The molecule has 1 amide bonds. The number of hydrogen-bond acceptors (Lipinski definition) is 7. The van der Waals surface area contributed by atoms with Gasteiger partial charge in [-0.3, -0.25) is 14.9 Å². The number of nitro groups is 1. The summed E-state index contributed by atoms with van der Waals surface area (Å²) < 4.78 is 15.6. The number of nitrogens with zero attached hydrogens (tertiary/aromatic N) is 1. The molecule has 0 aliphatic heterocycles. The Labute approximate surface area is 174 Å². The molecule has 0 aromatic heterocycles. The lowest BCUT2D eigenvalue weighted by molar-refractivity contribution is -0.385. The van der Waals surface area contributed by atoms with Crippen molar-refractivity contribution in [2.24, 2.45) is 0 Å². The van der Waals surface area contributed by atoms with E-state index in [0.29, 0.717) is 5.69 Å². The molecule has 1 atom stereocenters. The zero-order valence-corrected chi connectivity index (χ0v) is 17.3. The van der Waals surface area contributed by atoms with Gasteiger partial charge in [-0.15, -0.1) is 0 Å². The van der Waals surface area contributed by atoms with Crippen LogP contribution in [0.25, 0.3) is 0 Å². The Balaban J connectivity index is 2.19. The molecule has 0 saturated carbocycles. The van der Waals surface area contributed by atoms with Crippen LogP contribution in [0.3, 0.4) is 0 Å². The summed E-state index contributed by atoms with van der Waals surface area (Å²) in [4.78, 5) is 35.6. The number of esters is 1. The van der Waals surface area contributed by atoms with Crippen LogP contribution < -0.4 is 14.8 Å². The lowest BCUT2D eigenvalue weighted by Crippen LogP contribution is -2.30. The second-order valence-corrected chi connectivity index (χ2v) is 6.30. The van der Waals surface area contributed by atoms with Gasteiger partial charge in [0.2, 0.25) is 0 Å². The zero-order chi connectivity index (χ0) is 22.3. The van der Waals surface area contributed by atoms with Crippen molar-refractivity contribution in [3.63, 3.8) is 0 Å². The number of amides is 1. The van der Waals surface area contributed by atoms with Crippen LogP contribution in [0, 0.1) is 10.1 Å². The Hall–Kier alpha value is -3.62.